The molecule has 1 saturated carbocycles. The second-order valence-electron chi connectivity index (χ2n) is 7.38. The molecule has 0 spiro atoms. The van der Waals surface area contributed by atoms with Crippen molar-refractivity contribution in [3.8, 4) is 0 Å². The van der Waals surface area contributed by atoms with Gasteiger partial charge in [-0.2, -0.15) is 0 Å². The summed E-state index contributed by atoms with van der Waals surface area (Å²) in [7, 11) is 0. The quantitative estimate of drug-likeness (QED) is 0.806. The zero-order valence-corrected chi connectivity index (χ0v) is 13.1. The summed E-state index contributed by atoms with van der Waals surface area (Å²) in [6, 6.07) is 4.31. The molecule has 1 N–H and O–H groups in total. The average molecular weight is 266 g/mol. The lowest BCUT2D eigenvalue weighted by atomic mass is 9.78. The van der Waals surface area contributed by atoms with Crippen molar-refractivity contribution in [3.63, 3.8) is 0 Å². The topological polar surface area (TPSA) is 20.2 Å². The summed E-state index contributed by atoms with van der Waals surface area (Å²) in [5.74, 6) is 0.420. The third kappa shape index (κ3) is 2.65. The second kappa shape index (κ2) is 4.64. The van der Waals surface area contributed by atoms with Crippen molar-refractivity contribution in [3.05, 3.63) is 21.9 Å². The van der Waals surface area contributed by atoms with E-state index >= 15 is 0 Å². The molecule has 18 heavy (non-hydrogen) atoms. The summed E-state index contributed by atoms with van der Waals surface area (Å²) in [5.41, 5.74) is 0.471. The maximum absolute atomic E-state index is 10.6. The van der Waals surface area contributed by atoms with E-state index in [1.165, 1.54) is 17.7 Å². The van der Waals surface area contributed by atoms with Crippen LogP contribution in [0.3, 0.4) is 0 Å². The molecule has 102 valence electrons. The molecular formula is C16H26OS. The molecule has 2 atom stereocenters. The molecule has 0 radical (unpaired) electrons. The zero-order valence-electron chi connectivity index (χ0n) is 12.3. The van der Waals surface area contributed by atoms with E-state index in [1.807, 2.05) is 0 Å². The van der Waals surface area contributed by atoms with Gasteiger partial charge in [0.1, 0.15) is 0 Å². The van der Waals surface area contributed by atoms with Crippen molar-refractivity contribution >= 4 is 11.3 Å². The molecule has 1 heterocycles. The number of aliphatic hydroxyl groups excluding tert-OH is 1. The molecule has 1 fully saturated rings. The highest BCUT2D eigenvalue weighted by atomic mass is 32.1. The monoisotopic (exact) mass is 266 g/mol. The van der Waals surface area contributed by atoms with E-state index in [1.54, 1.807) is 11.3 Å². The highest BCUT2D eigenvalue weighted by molar-refractivity contribution is 7.12. The molecule has 2 heteroatoms. The maximum atomic E-state index is 10.6. The molecule has 1 aliphatic rings. The van der Waals surface area contributed by atoms with Crippen LogP contribution in [0.1, 0.15) is 69.7 Å². The van der Waals surface area contributed by atoms with Gasteiger partial charge in [-0.25, -0.2) is 0 Å². The van der Waals surface area contributed by atoms with Gasteiger partial charge in [0.25, 0.3) is 0 Å². The lowest BCUT2D eigenvalue weighted by Gasteiger charge is -2.30. The van der Waals surface area contributed by atoms with Crippen LogP contribution in [0, 0.1) is 11.3 Å². The van der Waals surface area contributed by atoms with Crippen LogP contribution in [0.4, 0.5) is 0 Å². The van der Waals surface area contributed by atoms with Crippen molar-refractivity contribution in [1.29, 1.82) is 0 Å². The van der Waals surface area contributed by atoms with Gasteiger partial charge in [0.2, 0.25) is 0 Å². The first-order chi connectivity index (χ1) is 8.22. The van der Waals surface area contributed by atoms with Gasteiger partial charge >= 0.3 is 0 Å². The Hall–Kier alpha value is -0.340. The van der Waals surface area contributed by atoms with Crippen LogP contribution in [0.25, 0.3) is 0 Å². The molecule has 2 unspecified atom stereocenters. The number of rotatable bonds is 2. The fourth-order valence-corrected chi connectivity index (χ4v) is 4.17. The summed E-state index contributed by atoms with van der Waals surface area (Å²) >= 11 is 1.79. The Morgan fingerprint density at radius 2 is 2.00 bits per heavy atom. The predicted molar refractivity (Wildman–Crippen MR) is 79.1 cm³/mol. The van der Waals surface area contributed by atoms with E-state index in [0.717, 1.165) is 11.3 Å². The van der Waals surface area contributed by atoms with Crippen molar-refractivity contribution in [1.82, 2.24) is 0 Å². The summed E-state index contributed by atoms with van der Waals surface area (Å²) in [6.45, 7) is 11.3. The first kappa shape index (κ1) is 14.1. The van der Waals surface area contributed by atoms with Crippen LogP contribution < -0.4 is 0 Å². The second-order valence-corrected chi connectivity index (χ2v) is 8.50. The minimum Gasteiger partial charge on any atom is -0.387 e. The van der Waals surface area contributed by atoms with Crippen LogP contribution in [-0.4, -0.2) is 5.11 Å². The zero-order chi connectivity index (χ0) is 13.6. The molecule has 1 aromatic heterocycles. The smallest absolute Gasteiger partial charge is 0.0915 e. The van der Waals surface area contributed by atoms with Crippen LogP contribution in [0.5, 0.6) is 0 Å². The molecule has 1 aromatic rings. The number of hydrogen-bond acceptors (Lipinski definition) is 2. The molecular weight excluding hydrogens is 240 g/mol. The minimum absolute atomic E-state index is 0.188. The van der Waals surface area contributed by atoms with E-state index in [0.29, 0.717) is 5.92 Å². The normalized spacial score (nSPS) is 25.3. The molecule has 0 bridgehead atoms. The van der Waals surface area contributed by atoms with E-state index in [-0.39, 0.29) is 16.9 Å². The third-order valence-corrected chi connectivity index (χ3v) is 5.96. The molecule has 1 nitrogen and oxygen atoms in total. The van der Waals surface area contributed by atoms with Crippen molar-refractivity contribution in [2.24, 2.45) is 11.3 Å². The number of aliphatic hydroxyl groups is 1. The maximum Gasteiger partial charge on any atom is 0.0915 e. The Labute approximate surface area is 115 Å². The van der Waals surface area contributed by atoms with Crippen molar-refractivity contribution in [2.75, 3.05) is 0 Å². The first-order valence-corrected chi connectivity index (χ1v) is 7.82. The van der Waals surface area contributed by atoms with Gasteiger partial charge in [-0.3, -0.25) is 0 Å². The molecule has 0 saturated heterocycles. The lowest BCUT2D eigenvalue weighted by Crippen LogP contribution is -2.23. The molecule has 0 aromatic carbocycles. The predicted octanol–water partition coefficient (Wildman–Crippen LogP) is 4.91. The standard InChI is InChI=1S/C16H26OS/c1-15(2,3)13-9-8-12(18-13)14(17)11-7-6-10-16(11,4)5/h8-9,11,14,17H,6-7,10H2,1-5H3. The number of thiophene rings is 1. The highest BCUT2D eigenvalue weighted by Gasteiger charge is 2.40. The Balaban J connectivity index is 2.19. The van der Waals surface area contributed by atoms with E-state index in [2.05, 4.69) is 46.8 Å². The van der Waals surface area contributed by atoms with Crippen molar-refractivity contribution < 1.29 is 5.11 Å². The third-order valence-electron chi connectivity index (χ3n) is 4.38. The van der Waals surface area contributed by atoms with Crippen molar-refractivity contribution in [2.45, 2.75) is 65.4 Å². The van der Waals surface area contributed by atoms with Gasteiger partial charge in [0, 0.05) is 9.75 Å². The lowest BCUT2D eigenvalue weighted by molar-refractivity contribution is 0.0558. The van der Waals surface area contributed by atoms with Gasteiger partial charge in [0.15, 0.2) is 0 Å². The summed E-state index contributed by atoms with van der Waals surface area (Å²) in [5, 5.41) is 10.6. The fraction of sp³-hybridized carbons (Fsp3) is 0.750. The van der Waals surface area contributed by atoms with Crippen LogP contribution in [-0.2, 0) is 5.41 Å². The average Bonchev–Trinajstić information content (AvgIpc) is 2.81. The van der Waals surface area contributed by atoms with Gasteiger partial charge < -0.3 is 5.11 Å². The Morgan fingerprint density at radius 3 is 2.44 bits per heavy atom. The summed E-state index contributed by atoms with van der Waals surface area (Å²) < 4.78 is 0. The van der Waals surface area contributed by atoms with Gasteiger partial charge in [-0.1, -0.05) is 41.0 Å². The summed E-state index contributed by atoms with van der Waals surface area (Å²) in [4.78, 5) is 2.52. The molecule has 0 amide bonds. The largest absolute Gasteiger partial charge is 0.387 e. The Morgan fingerprint density at radius 1 is 1.33 bits per heavy atom. The van der Waals surface area contributed by atoms with Gasteiger partial charge in [0.05, 0.1) is 6.10 Å². The van der Waals surface area contributed by atoms with Crippen LogP contribution in [0.15, 0.2) is 12.1 Å². The van der Waals surface area contributed by atoms with E-state index in [9.17, 15) is 5.11 Å². The summed E-state index contributed by atoms with van der Waals surface area (Å²) in [6.07, 6.45) is 3.39. The van der Waals surface area contributed by atoms with E-state index in [4.69, 9.17) is 0 Å². The Bertz CT molecular complexity index is 411. The van der Waals surface area contributed by atoms with Gasteiger partial charge in [-0.15, -0.1) is 11.3 Å². The van der Waals surface area contributed by atoms with Gasteiger partial charge in [-0.05, 0) is 41.7 Å². The minimum atomic E-state index is -0.274. The Kier molecular flexibility index (Phi) is 3.63. The fourth-order valence-electron chi connectivity index (χ4n) is 3.05. The molecule has 2 rings (SSSR count). The van der Waals surface area contributed by atoms with Crippen LogP contribution in [0.2, 0.25) is 0 Å². The number of hydrogen-bond donors (Lipinski definition) is 1. The van der Waals surface area contributed by atoms with E-state index < -0.39 is 0 Å². The van der Waals surface area contributed by atoms with Crippen LogP contribution >= 0.6 is 11.3 Å². The SMILES string of the molecule is CC(C)(C)c1ccc(C(O)C2CCCC2(C)C)s1. The molecule has 1 aliphatic carbocycles. The molecule has 0 aliphatic heterocycles. The first-order valence-electron chi connectivity index (χ1n) is 7.00. The highest BCUT2D eigenvalue weighted by Crippen LogP contribution is 2.49.